The lowest BCUT2D eigenvalue weighted by Crippen LogP contribution is -2.46. The molecular weight excluding hydrogens is 424 g/mol. The molecule has 1 atom stereocenters. The Balaban J connectivity index is 1.87. The third kappa shape index (κ3) is 4.11. The van der Waals surface area contributed by atoms with Crippen molar-refractivity contribution in [1.29, 1.82) is 0 Å². The van der Waals surface area contributed by atoms with E-state index in [1.165, 1.54) is 6.08 Å². The molecule has 1 aromatic heterocycles. The number of hydrogen-bond acceptors (Lipinski definition) is 6. The highest BCUT2D eigenvalue weighted by molar-refractivity contribution is 8.26. The first-order valence-electron chi connectivity index (χ1n) is 7.91. The van der Waals surface area contributed by atoms with Crippen LogP contribution in [0.25, 0.3) is 17.4 Å². The lowest BCUT2D eigenvalue weighted by atomic mass is 10.1. The van der Waals surface area contributed by atoms with Crippen LogP contribution < -0.4 is 5.73 Å². The van der Waals surface area contributed by atoms with Crippen molar-refractivity contribution in [1.82, 2.24) is 4.90 Å². The first-order chi connectivity index (χ1) is 13.3. The Bertz CT molecular complexity index is 1020. The molecule has 0 radical (unpaired) electrons. The smallest absolute Gasteiger partial charge is 0.327 e. The molecule has 2 amide bonds. The Kier molecular flexibility index (Phi) is 5.87. The van der Waals surface area contributed by atoms with Crippen molar-refractivity contribution in [2.75, 3.05) is 0 Å². The van der Waals surface area contributed by atoms with Gasteiger partial charge in [-0.25, -0.2) is 4.79 Å². The summed E-state index contributed by atoms with van der Waals surface area (Å²) in [4.78, 5) is 36.3. The summed E-state index contributed by atoms with van der Waals surface area (Å²) in [6.45, 7) is 0. The third-order valence-corrected chi connectivity index (χ3v) is 5.51. The fourth-order valence-electron chi connectivity index (χ4n) is 2.59. The number of primary amides is 1. The number of thioether (sulfide) groups is 1. The molecule has 0 saturated carbocycles. The first-order valence-corrected chi connectivity index (χ1v) is 9.51. The van der Waals surface area contributed by atoms with E-state index < -0.39 is 30.2 Å². The fraction of sp³-hybridized carbons (Fsp3) is 0.111. The van der Waals surface area contributed by atoms with Crippen molar-refractivity contribution in [2.24, 2.45) is 5.73 Å². The van der Waals surface area contributed by atoms with Crippen LogP contribution in [-0.4, -0.2) is 38.2 Å². The predicted molar refractivity (Wildman–Crippen MR) is 109 cm³/mol. The van der Waals surface area contributed by atoms with E-state index in [9.17, 15) is 19.5 Å². The van der Waals surface area contributed by atoms with Gasteiger partial charge < -0.3 is 15.3 Å². The van der Waals surface area contributed by atoms with Crippen LogP contribution in [0.2, 0.25) is 5.02 Å². The molecule has 1 saturated heterocycles. The van der Waals surface area contributed by atoms with E-state index in [1.807, 2.05) is 6.07 Å². The van der Waals surface area contributed by atoms with Crippen LogP contribution in [0.15, 0.2) is 45.7 Å². The second-order valence-corrected chi connectivity index (χ2v) is 7.84. The number of carboxylic acid groups (broad SMARTS) is 1. The average Bonchev–Trinajstić information content (AvgIpc) is 3.18. The number of carbonyl (C=O) groups is 3. The van der Waals surface area contributed by atoms with Crippen molar-refractivity contribution in [2.45, 2.75) is 12.5 Å². The van der Waals surface area contributed by atoms with Crippen LogP contribution in [0.3, 0.4) is 0 Å². The van der Waals surface area contributed by atoms with Gasteiger partial charge in [0.25, 0.3) is 5.91 Å². The van der Waals surface area contributed by atoms with Gasteiger partial charge in [0.15, 0.2) is 0 Å². The largest absolute Gasteiger partial charge is 0.480 e. The maximum atomic E-state index is 12.6. The molecule has 2 heterocycles. The molecule has 10 heteroatoms. The quantitative estimate of drug-likeness (QED) is 0.528. The number of furan rings is 1. The zero-order valence-corrected chi connectivity index (χ0v) is 16.5. The molecule has 28 heavy (non-hydrogen) atoms. The minimum atomic E-state index is -1.45. The van der Waals surface area contributed by atoms with Crippen molar-refractivity contribution in [3.8, 4) is 11.3 Å². The van der Waals surface area contributed by atoms with Crippen LogP contribution in [0.4, 0.5) is 0 Å². The van der Waals surface area contributed by atoms with E-state index in [4.69, 9.17) is 34.0 Å². The lowest BCUT2D eigenvalue weighted by molar-refractivity contribution is -0.146. The van der Waals surface area contributed by atoms with Crippen LogP contribution in [0, 0.1) is 0 Å². The number of nitrogens with zero attached hydrogens (tertiary/aromatic N) is 1. The van der Waals surface area contributed by atoms with Gasteiger partial charge in [0, 0.05) is 11.6 Å². The van der Waals surface area contributed by atoms with Gasteiger partial charge in [0.1, 0.15) is 21.9 Å². The van der Waals surface area contributed by atoms with Gasteiger partial charge in [-0.1, -0.05) is 47.7 Å². The monoisotopic (exact) mass is 436 g/mol. The van der Waals surface area contributed by atoms with Crippen LogP contribution in [0.1, 0.15) is 12.2 Å². The molecule has 1 aromatic carbocycles. The summed E-state index contributed by atoms with van der Waals surface area (Å²) in [6.07, 6.45) is 0.926. The van der Waals surface area contributed by atoms with Crippen molar-refractivity contribution < 1.29 is 23.9 Å². The number of carbonyl (C=O) groups excluding carboxylic acids is 2. The number of benzene rings is 1. The Morgan fingerprint density at radius 2 is 2.04 bits per heavy atom. The summed E-state index contributed by atoms with van der Waals surface area (Å²) in [5, 5.41) is 9.85. The van der Waals surface area contributed by atoms with E-state index in [0.717, 1.165) is 16.7 Å². The summed E-state index contributed by atoms with van der Waals surface area (Å²) < 4.78 is 5.76. The van der Waals surface area contributed by atoms with Gasteiger partial charge >= 0.3 is 5.97 Å². The van der Waals surface area contributed by atoms with E-state index in [0.29, 0.717) is 22.1 Å². The summed E-state index contributed by atoms with van der Waals surface area (Å²) in [5.74, 6) is -1.95. The number of amides is 2. The zero-order chi connectivity index (χ0) is 20.4. The summed E-state index contributed by atoms with van der Waals surface area (Å²) in [6, 6.07) is 9.06. The van der Waals surface area contributed by atoms with Crippen molar-refractivity contribution in [3.63, 3.8) is 0 Å². The second kappa shape index (κ2) is 8.17. The molecule has 1 unspecified atom stereocenters. The van der Waals surface area contributed by atoms with Crippen molar-refractivity contribution >= 4 is 63.8 Å². The minimum Gasteiger partial charge on any atom is -0.480 e. The number of thiocarbonyl (C=S) groups is 1. The molecule has 1 aliphatic rings. The molecule has 1 aliphatic heterocycles. The topological polar surface area (TPSA) is 114 Å². The highest BCUT2D eigenvalue weighted by atomic mass is 35.5. The van der Waals surface area contributed by atoms with E-state index in [1.54, 1.807) is 30.3 Å². The molecule has 3 N–H and O–H groups in total. The number of carboxylic acids is 1. The average molecular weight is 437 g/mol. The number of hydrogen-bond donors (Lipinski definition) is 2. The Hall–Kier alpha value is -2.62. The standard InChI is InChI=1S/C18H13ClN2O5S2/c19-11-4-2-1-3-10(11)13-6-5-9(26-13)7-14-16(23)21(18(27)28-14)12(17(24)25)8-15(20)22/h1-7,12H,8H2,(H2,20,22)(H,24,25)/b14-7+. The fourth-order valence-corrected chi connectivity index (χ4v) is 4.16. The van der Waals surface area contributed by atoms with Crippen LogP contribution in [-0.2, 0) is 14.4 Å². The van der Waals surface area contributed by atoms with Crippen LogP contribution >= 0.6 is 35.6 Å². The van der Waals surface area contributed by atoms with Gasteiger partial charge in [0.2, 0.25) is 5.91 Å². The molecule has 2 aromatic rings. The highest BCUT2D eigenvalue weighted by Gasteiger charge is 2.41. The number of halogens is 1. The summed E-state index contributed by atoms with van der Waals surface area (Å²) in [5.41, 5.74) is 5.79. The third-order valence-electron chi connectivity index (χ3n) is 3.85. The maximum absolute atomic E-state index is 12.6. The highest BCUT2D eigenvalue weighted by Crippen LogP contribution is 2.36. The predicted octanol–water partition coefficient (Wildman–Crippen LogP) is 3.13. The first kappa shape index (κ1) is 20.1. The molecule has 144 valence electrons. The lowest BCUT2D eigenvalue weighted by Gasteiger charge is -2.21. The van der Waals surface area contributed by atoms with E-state index in [-0.39, 0.29) is 9.23 Å². The van der Waals surface area contributed by atoms with Crippen molar-refractivity contribution in [3.05, 3.63) is 52.1 Å². The van der Waals surface area contributed by atoms with E-state index in [2.05, 4.69) is 0 Å². The molecule has 7 nitrogen and oxygen atoms in total. The molecular formula is C18H13ClN2O5S2. The molecule has 0 bridgehead atoms. The minimum absolute atomic E-state index is 0.0304. The molecule has 0 aliphatic carbocycles. The normalized spacial score (nSPS) is 16.6. The molecule has 1 fully saturated rings. The number of aliphatic carboxylic acids is 1. The number of rotatable bonds is 6. The SMILES string of the molecule is NC(=O)CC(C(=O)O)N1C(=O)/C(=C\c2ccc(-c3ccccc3Cl)o2)SC1=S. The second-order valence-electron chi connectivity index (χ2n) is 5.76. The molecule has 0 spiro atoms. The Labute approximate surface area is 174 Å². The van der Waals surface area contributed by atoms with Gasteiger partial charge in [-0.05, 0) is 24.3 Å². The van der Waals surface area contributed by atoms with Gasteiger partial charge in [-0.2, -0.15) is 0 Å². The van der Waals surface area contributed by atoms with E-state index >= 15 is 0 Å². The van der Waals surface area contributed by atoms with Gasteiger partial charge in [0.05, 0.1) is 16.3 Å². The summed E-state index contributed by atoms with van der Waals surface area (Å²) >= 11 is 12.2. The van der Waals surface area contributed by atoms with Crippen LogP contribution in [0.5, 0.6) is 0 Å². The maximum Gasteiger partial charge on any atom is 0.327 e. The zero-order valence-electron chi connectivity index (χ0n) is 14.1. The molecule has 3 rings (SSSR count). The number of nitrogens with two attached hydrogens (primary N) is 1. The van der Waals surface area contributed by atoms with Gasteiger partial charge in [-0.3, -0.25) is 14.5 Å². The Morgan fingerprint density at radius 1 is 1.32 bits per heavy atom. The Morgan fingerprint density at radius 3 is 2.68 bits per heavy atom. The summed E-state index contributed by atoms with van der Waals surface area (Å²) in [7, 11) is 0. The van der Waals surface area contributed by atoms with Gasteiger partial charge in [-0.15, -0.1) is 0 Å².